The van der Waals surface area contributed by atoms with Gasteiger partial charge < -0.3 is 15.0 Å². The Bertz CT molecular complexity index is 1140. The van der Waals surface area contributed by atoms with Gasteiger partial charge in [0.15, 0.2) is 6.10 Å². The molecule has 1 aliphatic rings. The summed E-state index contributed by atoms with van der Waals surface area (Å²) in [5, 5.41) is 2.93. The molecule has 0 saturated heterocycles. The molecule has 0 radical (unpaired) electrons. The van der Waals surface area contributed by atoms with E-state index in [4.69, 9.17) is 4.74 Å². The SMILES string of the molecule is CCC(=O)N1CCc2ccc(OC(CC)C(=O)Nc3ccccc3)cc2C1c1ccc(C)cc1. The predicted octanol–water partition coefficient (Wildman–Crippen LogP) is 5.68. The molecule has 0 saturated carbocycles. The summed E-state index contributed by atoms with van der Waals surface area (Å²) >= 11 is 0. The highest BCUT2D eigenvalue weighted by Crippen LogP contribution is 2.38. The largest absolute Gasteiger partial charge is 0.481 e. The van der Waals surface area contributed by atoms with Gasteiger partial charge in [0, 0.05) is 18.7 Å². The van der Waals surface area contributed by atoms with Crippen LogP contribution in [-0.2, 0) is 16.0 Å². The molecule has 1 N–H and O–H groups in total. The molecule has 2 unspecified atom stereocenters. The average molecular weight is 457 g/mol. The van der Waals surface area contributed by atoms with Crippen molar-refractivity contribution in [2.45, 2.75) is 52.2 Å². The number of rotatable bonds is 7. The first-order chi connectivity index (χ1) is 16.5. The van der Waals surface area contributed by atoms with Crippen molar-refractivity contribution < 1.29 is 14.3 Å². The minimum absolute atomic E-state index is 0.135. The highest BCUT2D eigenvalue weighted by Gasteiger charge is 2.32. The summed E-state index contributed by atoms with van der Waals surface area (Å²) in [5.74, 6) is 0.595. The highest BCUT2D eigenvalue weighted by molar-refractivity contribution is 5.94. The van der Waals surface area contributed by atoms with Crippen molar-refractivity contribution in [3.63, 3.8) is 0 Å². The van der Waals surface area contributed by atoms with Crippen LogP contribution in [0.5, 0.6) is 5.75 Å². The summed E-state index contributed by atoms with van der Waals surface area (Å²) in [5.41, 5.74) is 5.28. The lowest BCUT2D eigenvalue weighted by Gasteiger charge is -2.38. The second kappa shape index (κ2) is 10.6. The first-order valence-electron chi connectivity index (χ1n) is 12.0. The van der Waals surface area contributed by atoms with Crippen molar-refractivity contribution in [1.29, 1.82) is 0 Å². The smallest absolute Gasteiger partial charge is 0.265 e. The fraction of sp³-hybridized carbons (Fsp3) is 0.310. The Kier molecular flexibility index (Phi) is 7.31. The fourth-order valence-corrected chi connectivity index (χ4v) is 4.48. The maximum Gasteiger partial charge on any atom is 0.265 e. The molecule has 5 heteroatoms. The van der Waals surface area contributed by atoms with Crippen LogP contribution in [0.4, 0.5) is 5.69 Å². The Balaban J connectivity index is 1.63. The minimum Gasteiger partial charge on any atom is -0.481 e. The molecule has 0 bridgehead atoms. The number of aryl methyl sites for hydroxylation is 1. The number of nitrogens with one attached hydrogen (secondary N) is 1. The topological polar surface area (TPSA) is 58.6 Å². The standard InChI is InChI=1S/C29H32N2O3/c1-4-26(29(33)30-23-9-7-6-8-10-23)34-24-16-15-21-17-18-31(27(32)5-2)28(25(21)19-24)22-13-11-20(3)12-14-22/h6-16,19,26,28H,4-5,17-18H2,1-3H3,(H,30,33). The fourth-order valence-electron chi connectivity index (χ4n) is 4.48. The van der Waals surface area contributed by atoms with Crippen molar-refractivity contribution in [3.05, 3.63) is 95.1 Å². The number of nitrogens with zero attached hydrogens (tertiary/aromatic N) is 1. The zero-order valence-electron chi connectivity index (χ0n) is 20.1. The molecule has 3 aromatic rings. The maximum atomic E-state index is 12.8. The van der Waals surface area contributed by atoms with Crippen molar-refractivity contribution >= 4 is 17.5 Å². The lowest BCUT2D eigenvalue weighted by molar-refractivity contribution is -0.133. The molecule has 2 amide bonds. The van der Waals surface area contributed by atoms with Gasteiger partial charge in [-0.3, -0.25) is 9.59 Å². The third kappa shape index (κ3) is 5.14. The van der Waals surface area contributed by atoms with E-state index in [1.807, 2.05) is 61.2 Å². The van der Waals surface area contributed by atoms with E-state index in [1.165, 1.54) is 11.1 Å². The summed E-state index contributed by atoms with van der Waals surface area (Å²) in [6, 6.07) is 23.6. The Morgan fingerprint density at radius 3 is 2.44 bits per heavy atom. The van der Waals surface area contributed by atoms with Crippen molar-refractivity contribution in [3.8, 4) is 5.75 Å². The quantitative estimate of drug-likeness (QED) is 0.498. The van der Waals surface area contributed by atoms with Gasteiger partial charge in [-0.15, -0.1) is 0 Å². The molecule has 0 fully saturated rings. The molecule has 5 nitrogen and oxygen atoms in total. The molecule has 0 aliphatic carbocycles. The first kappa shape index (κ1) is 23.6. The van der Waals surface area contributed by atoms with Crippen LogP contribution in [0.3, 0.4) is 0 Å². The summed E-state index contributed by atoms with van der Waals surface area (Å²) in [6.07, 6.45) is 1.19. The molecule has 2 atom stereocenters. The van der Waals surface area contributed by atoms with Crippen LogP contribution in [0, 0.1) is 6.92 Å². The number of amides is 2. The van der Waals surface area contributed by atoms with E-state index < -0.39 is 6.10 Å². The maximum absolute atomic E-state index is 12.8. The third-order valence-corrected chi connectivity index (χ3v) is 6.34. The van der Waals surface area contributed by atoms with Crippen molar-refractivity contribution in [1.82, 2.24) is 4.90 Å². The van der Waals surface area contributed by atoms with Crippen LogP contribution in [0.2, 0.25) is 0 Å². The van der Waals surface area contributed by atoms with Crippen LogP contribution in [0.25, 0.3) is 0 Å². The molecule has 0 spiro atoms. The molecule has 3 aromatic carbocycles. The number of benzene rings is 3. The number of ether oxygens (including phenoxy) is 1. The van der Waals surface area contributed by atoms with E-state index in [0.29, 0.717) is 25.1 Å². The highest BCUT2D eigenvalue weighted by atomic mass is 16.5. The first-order valence-corrected chi connectivity index (χ1v) is 12.0. The number of carbonyl (C=O) groups is 2. The summed E-state index contributed by atoms with van der Waals surface area (Å²) < 4.78 is 6.17. The van der Waals surface area contributed by atoms with Crippen molar-refractivity contribution in [2.75, 3.05) is 11.9 Å². The van der Waals surface area contributed by atoms with Gasteiger partial charge in [0.25, 0.3) is 5.91 Å². The Morgan fingerprint density at radius 2 is 1.76 bits per heavy atom. The van der Waals surface area contributed by atoms with Gasteiger partial charge in [-0.2, -0.15) is 0 Å². The van der Waals surface area contributed by atoms with E-state index in [1.54, 1.807) is 0 Å². The lowest BCUT2D eigenvalue weighted by atomic mass is 9.87. The zero-order chi connectivity index (χ0) is 24.1. The molecular weight excluding hydrogens is 424 g/mol. The van der Waals surface area contributed by atoms with Gasteiger partial charge in [-0.25, -0.2) is 0 Å². The molecule has 0 aromatic heterocycles. The van der Waals surface area contributed by atoms with Gasteiger partial charge in [0.05, 0.1) is 6.04 Å². The summed E-state index contributed by atoms with van der Waals surface area (Å²) in [4.78, 5) is 27.7. The monoisotopic (exact) mass is 456 g/mol. The van der Waals surface area contributed by atoms with Crippen LogP contribution in [0.1, 0.15) is 55.0 Å². The number of fused-ring (bicyclic) bond motifs is 1. The average Bonchev–Trinajstić information content (AvgIpc) is 2.87. The normalized spacial score (nSPS) is 15.9. The van der Waals surface area contributed by atoms with Gasteiger partial charge in [-0.05, 0) is 60.7 Å². The van der Waals surface area contributed by atoms with E-state index >= 15 is 0 Å². The van der Waals surface area contributed by atoms with E-state index in [2.05, 4.69) is 42.6 Å². The number of para-hydroxylation sites is 1. The van der Waals surface area contributed by atoms with Gasteiger partial charge >= 0.3 is 0 Å². The predicted molar refractivity (Wildman–Crippen MR) is 135 cm³/mol. The number of anilines is 1. The summed E-state index contributed by atoms with van der Waals surface area (Å²) in [7, 11) is 0. The molecule has 4 rings (SSSR count). The number of hydrogen-bond acceptors (Lipinski definition) is 3. The molecule has 1 heterocycles. The molecule has 1 aliphatic heterocycles. The Morgan fingerprint density at radius 1 is 1.03 bits per heavy atom. The van der Waals surface area contributed by atoms with Gasteiger partial charge in [0.1, 0.15) is 5.75 Å². The molecule has 176 valence electrons. The summed E-state index contributed by atoms with van der Waals surface area (Å²) in [6.45, 7) is 6.59. The Hall–Kier alpha value is -3.60. The van der Waals surface area contributed by atoms with Crippen LogP contribution < -0.4 is 10.1 Å². The third-order valence-electron chi connectivity index (χ3n) is 6.34. The minimum atomic E-state index is -0.618. The second-order valence-electron chi connectivity index (χ2n) is 8.73. The van der Waals surface area contributed by atoms with E-state index in [9.17, 15) is 9.59 Å². The lowest BCUT2D eigenvalue weighted by Crippen LogP contribution is -2.40. The number of carbonyl (C=O) groups excluding carboxylic acids is 2. The zero-order valence-corrected chi connectivity index (χ0v) is 20.1. The van der Waals surface area contributed by atoms with Crippen LogP contribution in [0.15, 0.2) is 72.8 Å². The molecular formula is C29H32N2O3. The number of hydrogen-bond donors (Lipinski definition) is 1. The van der Waals surface area contributed by atoms with Crippen LogP contribution in [-0.4, -0.2) is 29.4 Å². The van der Waals surface area contributed by atoms with Crippen molar-refractivity contribution in [2.24, 2.45) is 0 Å². The van der Waals surface area contributed by atoms with E-state index in [-0.39, 0.29) is 17.9 Å². The van der Waals surface area contributed by atoms with Gasteiger partial charge in [0.2, 0.25) is 5.91 Å². The second-order valence-corrected chi connectivity index (χ2v) is 8.73. The van der Waals surface area contributed by atoms with Crippen LogP contribution >= 0.6 is 0 Å². The van der Waals surface area contributed by atoms with E-state index in [0.717, 1.165) is 23.2 Å². The van der Waals surface area contributed by atoms with Gasteiger partial charge in [-0.1, -0.05) is 67.9 Å². The Labute approximate surface area is 201 Å². The molecule has 34 heavy (non-hydrogen) atoms.